The van der Waals surface area contributed by atoms with Crippen LogP contribution in [-0.2, 0) is 4.79 Å². The first-order chi connectivity index (χ1) is 9.63. The van der Waals surface area contributed by atoms with Crippen LogP contribution >= 0.6 is 0 Å². The highest BCUT2D eigenvalue weighted by Crippen LogP contribution is 2.39. The third-order valence-electron chi connectivity index (χ3n) is 3.98. The molecule has 1 saturated carbocycles. The minimum absolute atomic E-state index is 0.167. The maximum Gasteiger partial charge on any atom is 0.303 e. The first kappa shape index (κ1) is 14.3. The van der Waals surface area contributed by atoms with E-state index in [4.69, 9.17) is 10.4 Å². The Kier molecular flexibility index (Phi) is 4.57. The van der Waals surface area contributed by atoms with Gasteiger partial charge in [0.05, 0.1) is 12.0 Å². The van der Waals surface area contributed by atoms with Crippen molar-refractivity contribution in [2.75, 3.05) is 11.9 Å². The standard InChI is InChI=1S/C15H19N3O2/c16-9-12-4-5-13(17-10-12)18-11-15(8-14(19)20)6-2-1-3-7-15/h4-5,10H,1-3,6-8,11H2,(H,17,18)(H,19,20). The Morgan fingerprint density at radius 3 is 2.70 bits per heavy atom. The van der Waals surface area contributed by atoms with Crippen molar-refractivity contribution >= 4 is 11.8 Å². The third kappa shape index (κ3) is 3.70. The number of anilines is 1. The fourth-order valence-corrected chi connectivity index (χ4v) is 2.88. The topological polar surface area (TPSA) is 86.0 Å². The quantitative estimate of drug-likeness (QED) is 0.861. The van der Waals surface area contributed by atoms with Gasteiger partial charge in [0, 0.05) is 12.7 Å². The molecular weight excluding hydrogens is 254 g/mol. The Labute approximate surface area is 118 Å². The average molecular weight is 273 g/mol. The van der Waals surface area contributed by atoms with Crippen molar-refractivity contribution in [3.05, 3.63) is 23.9 Å². The van der Waals surface area contributed by atoms with Crippen molar-refractivity contribution in [3.63, 3.8) is 0 Å². The van der Waals surface area contributed by atoms with Gasteiger partial charge in [-0.3, -0.25) is 4.79 Å². The second-order valence-corrected chi connectivity index (χ2v) is 5.53. The predicted octanol–water partition coefficient (Wildman–Crippen LogP) is 2.79. The summed E-state index contributed by atoms with van der Waals surface area (Å²) >= 11 is 0. The van der Waals surface area contributed by atoms with E-state index in [0.717, 1.165) is 25.7 Å². The van der Waals surface area contributed by atoms with E-state index < -0.39 is 5.97 Å². The monoisotopic (exact) mass is 273 g/mol. The lowest BCUT2D eigenvalue weighted by molar-refractivity contribution is -0.140. The largest absolute Gasteiger partial charge is 0.481 e. The van der Waals surface area contributed by atoms with E-state index in [9.17, 15) is 4.79 Å². The van der Waals surface area contributed by atoms with Gasteiger partial charge in [-0.15, -0.1) is 0 Å². The number of carbonyl (C=O) groups is 1. The van der Waals surface area contributed by atoms with Crippen LogP contribution in [-0.4, -0.2) is 22.6 Å². The van der Waals surface area contributed by atoms with Gasteiger partial charge in [0.2, 0.25) is 0 Å². The Balaban J connectivity index is 2.00. The zero-order valence-corrected chi connectivity index (χ0v) is 11.4. The van der Waals surface area contributed by atoms with E-state index in [2.05, 4.69) is 10.3 Å². The van der Waals surface area contributed by atoms with Gasteiger partial charge in [-0.1, -0.05) is 19.3 Å². The zero-order chi connectivity index (χ0) is 14.4. The number of carboxylic acid groups (broad SMARTS) is 1. The number of carboxylic acids is 1. The second-order valence-electron chi connectivity index (χ2n) is 5.53. The van der Waals surface area contributed by atoms with Crippen LogP contribution in [0, 0.1) is 16.7 Å². The van der Waals surface area contributed by atoms with Gasteiger partial charge in [-0.05, 0) is 30.4 Å². The minimum Gasteiger partial charge on any atom is -0.481 e. The van der Waals surface area contributed by atoms with E-state index in [1.165, 1.54) is 12.6 Å². The zero-order valence-electron chi connectivity index (χ0n) is 11.4. The van der Waals surface area contributed by atoms with Gasteiger partial charge in [0.15, 0.2) is 0 Å². The molecular formula is C15H19N3O2. The minimum atomic E-state index is -0.735. The highest BCUT2D eigenvalue weighted by molar-refractivity contribution is 5.67. The lowest BCUT2D eigenvalue weighted by Gasteiger charge is -2.36. The molecule has 106 valence electrons. The number of pyridine rings is 1. The molecule has 1 fully saturated rings. The number of nitrogens with one attached hydrogen (secondary N) is 1. The summed E-state index contributed by atoms with van der Waals surface area (Å²) in [5, 5.41) is 21.1. The van der Waals surface area contributed by atoms with E-state index >= 15 is 0 Å². The molecule has 1 aromatic rings. The van der Waals surface area contributed by atoms with Gasteiger partial charge in [0.1, 0.15) is 11.9 Å². The Morgan fingerprint density at radius 1 is 1.40 bits per heavy atom. The van der Waals surface area contributed by atoms with E-state index in [-0.39, 0.29) is 11.8 Å². The summed E-state index contributed by atoms with van der Waals surface area (Å²) in [6.07, 6.45) is 7.00. The Bertz CT molecular complexity index is 499. The summed E-state index contributed by atoms with van der Waals surface area (Å²) in [6, 6.07) is 5.49. The number of rotatable bonds is 5. The maximum atomic E-state index is 11.1. The third-order valence-corrected chi connectivity index (χ3v) is 3.98. The lowest BCUT2D eigenvalue weighted by Crippen LogP contribution is -2.34. The van der Waals surface area contributed by atoms with Crippen molar-refractivity contribution in [1.29, 1.82) is 5.26 Å². The van der Waals surface area contributed by atoms with Crippen LogP contribution < -0.4 is 5.32 Å². The second kappa shape index (κ2) is 6.38. The molecule has 1 aliphatic carbocycles. The summed E-state index contributed by atoms with van der Waals surface area (Å²) in [5.41, 5.74) is 0.355. The molecule has 20 heavy (non-hydrogen) atoms. The summed E-state index contributed by atoms with van der Waals surface area (Å²) in [5.74, 6) is -0.0409. The SMILES string of the molecule is N#Cc1ccc(NCC2(CC(=O)O)CCCCC2)nc1. The van der Waals surface area contributed by atoms with E-state index in [0.29, 0.717) is 17.9 Å². The van der Waals surface area contributed by atoms with Gasteiger partial charge >= 0.3 is 5.97 Å². The summed E-state index contributed by atoms with van der Waals surface area (Å²) in [7, 11) is 0. The van der Waals surface area contributed by atoms with Crippen molar-refractivity contribution < 1.29 is 9.90 Å². The summed E-state index contributed by atoms with van der Waals surface area (Å²) < 4.78 is 0. The molecule has 2 N–H and O–H groups in total. The molecule has 0 aromatic carbocycles. The molecule has 0 atom stereocenters. The summed E-state index contributed by atoms with van der Waals surface area (Å²) in [4.78, 5) is 15.3. The lowest BCUT2D eigenvalue weighted by atomic mass is 9.71. The number of aliphatic carboxylic acids is 1. The van der Waals surface area contributed by atoms with Crippen LogP contribution in [0.1, 0.15) is 44.1 Å². The molecule has 0 amide bonds. The normalized spacial score (nSPS) is 17.1. The van der Waals surface area contributed by atoms with Gasteiger partial charge in [-0.25, -0.2) is 4.98 Å². The van der Waals surface area contributed by atoms with Crippen molar-refractivity contribution in [3.8, 4) is 6.07 Å². The molecule has 0 saturated heterocycles. The maximum absolute atomic E-state index is 11.1. The summed E-state index contributed by atoms with van der Waals surface area (Å²) in [6.45, 7) is 0.623. The molecule has 0 bridgehead atoms. The number of nitriles is 1. The molecule has 5 heteroatoms. The molecule has 2 rings (SSSR count). The molecule has 0 spiro atoms. The van der Waals surface area contributed by atoms with Crippen molar-refractivity contribution in [2.45, 2.75) is 38.5 Å². The van der Waals surface area contributed by atoms with Crippen LogP contribution in [0.15, 0.2) is 18.3 Å². The van der Waals surface area contributed by atoms with E-state index in [1.807, 2.05) is 6.07 Å². The predicted molar refractivity (Wildman–Crippen MR) is 75.2 cm³/mol. The van der Waals surface area contributed by atoms with E-state index in [1.54, 1.807) is 12.1 Å². The fourth-order valence-electron chi connectivity index (χ4n) is 2.88. The number of aromatic nitrogens is 1. The smallest absolute Gasteiger partial charge is 0.303 e. The van der Waals surface area contributed by atoms with Gasteiger partial charge < -0.3 is 10.4 Å². The molecule has 0 aliphatic heterocycles. The first-order valence-corrected chi connectivity index (χ1v) is 6.95. The molecule has 0 unspecified atom stereocenters. The molecule has 1 heterocycles. The van der Waals surface area contributed by atoms with Crippen LogP contribution in [0.25, 0.3) is 0 Å². The van der Waals surface area contributed by atoms with Gasteiger partial charge in [0.25, 0.3) is 0 Å². The van der Waals surface area contributed by atoms with Crippen molar-refractivity contribution in [1.82, 2.24) is 4.98 Å². The van der Waals surface area contributed by atoms with Crippen LogP contribution in [0.2, 0.25) is 0 Å². The fraction of sp³-hybridized carbons (Fsp3) is 0.533. The molecule has 5 nitrogen and oxygen atoms in total. The van der Waals surface area contributed by atoms with Crippen molar-refractivity contribution in [2.24, 2.45) is 5.41 Å². The average Bonchev–Trinajstić information content (AvgIpc) is 2.46. The molecule has 1 aromatic heterocycles. The number of hydrogen-bond acceptors (Lipinski definition) is 4. The first-order valence-electron chi connectivity index (χ1n) is 6.95. The Morgan fingerprint density at radius 2 is 2.15 bits per heavy atom. The van der Waals surface area contributed by atoms with Crippen LogP contribution in [0.5, 0.6) is 0 Å². The molecule has 0 radical (unpaired) electrons. The highest BCUT2D eigenvalue weighted by Gasteiger charge is 2.34. The highest BCUT2D eigenvalue weighted by atomic mass is 16.4. The molecule has 1 aliphatic rings. The number of hydrogen-bond donors (Lipinski definition) is 2. The van der Waals surface area contributed by atoms with Crippen LogP contribution in [0.4, 0.5) is 5.82 Å². The number of nitrogens with zero attached hydrogens (tertiary/aromatic N) is 2. The van der Waals surface area contributed by atoms with Gasteiger partial charge in [-0.2, -0.15) is 5.26 Å². The van der Waals surface area contributed by atoms with Crippen LogP contribution in [0.3, 0.4) is 0 Å². The Hall–Kier alpha value is -2.09.